The summed E-state index contributed by atoms with van der Waals surface area (Å²) in [6.07, 6.45) is -7.85. The highest BCUT2D eigenvalue weighted by Crippen LogP contribution is 2.34. The van der Waals surface area contributed by atoms with Crippen LogP contribution in [0.4, 0.5) is 23.2 Å². The normalized spacial score (nSPS) is 21.4. The van der Waals surface area contributed by atoms with E-state index in [9.17, 15) is 30.8 Å². The number of rotatable bonds is 7. The van der Waals surface area contributed by atoms with E-state index >= 15 is 0 Å². The van der Waals surface area contributed by atoms with Crippen LogP contribution in [0.15, 0.2) is 47.2 Å². The molecule has 0 aliphatic carbocycles. The van der Waals surface area contributed by atoms with Gasteiger partial charge in [0.25, 0.3) is 5.91 Å². The maximum atomic E-state index is 14.1. The molecule has 2 N–H and O–H groups in total. The summed E-state index contributed by atoms with van der Waals surface area (Å²) in [7, 11) is -6.36. The van der Waals surface area contributed by atoms with Crippen LogP contribution in [0.5, 0.6) is 0 Å². The summed E-state index contributed by atoms with van der Waals surface area (Å²) in [6, 6.07) is -11.2. The minimum Gasteiger partial charge on any atom is -0.379 e. The molecule has 1 unspecified atom stereocenters. The van der Waals surface area contributed by atoms with Gasteiger partial charge in [0, 0.05) is 12.5 Å². The monoisotopic (exact) mass is 458 g/mol. The van der Waals surface area contributed by atoms with Crippen molar-refractivity contribution in [3.05, 3.63) is 59.2 Å². The first-order valence-corrected chi connectivity index (χ1v) is 8.77. The van der Waals surface area contributed by atoms with Gasteiger partial charge in [0.05, 0.1) is 37.4 Å². The van der Waals surface area contributed by atoms with Gasteiger partial charge in [-0.25, -0.2) is 12.8 Å². The number of aliphatic hydroxyl groups is 1. The zero-order valence-electron chi connectivity index (χ0n) is 28.2. The van der Waals surface area contributed by atoms with Gasteiger partial charge < -0.3 is 10.4 Å². The first-order chi connectivity index (χ1) is 19.7. The largest absolute Gasteiger partial charge is 0.417 e. The zero-order valence-corrected chi connectivity index (χ0v) is 15.0. The third-order valence-electron chi connectivity index (χ3n) is 3.14. The predicted molar refractivity (Wildman–Crippen MR) is 98.5 cm³/mol. The van der Waals surface area contributed by atoms with Gasteiger partial charge in [-0.1, -0.05) is 6.85 Å². The number of nitrogens with one attached hydrogen (secondary N) is 1. The maximum Gasteiger partial charge on any atom is 0.417 e. The van der Waals surface area contributed by atoms with Gasteiger partial charge >= 0.3 is 6.18 Å². The Balaban J connectivity index is 3.08. The SMILES string of the molecule is [2H]OC(CC([2H])([2H])[2H])(C(=O)N([2H])c1c([2H])c([2H])c(C#N)c(C(F)(F)F)c1[2H])C([2H])([2H])S(=O)(=O)c1c([2H])c([2H])c(F)c([2H])c1[2H]. The number of hydrogen-bond acceptors (Lipinski definition) is 5. The first kappa shape index (κ1) is 10.4. The van der Waals surface area contributed by atoms with Crippen LogP contribution >= 0.6 is 0 Å². The lowest BCUT2D eigenvalue weighted by Crippen LogP contribution is -2.48. The van der Waals surface area contributed by atoms with Gasteiger partial charge in [-0.3, -0.25) is 4.79 Å². The molecule has 0 bridgehead atoms. The number of hydrogen-bond donors (Lipinski definition) is 2. The summed E-state index contributed by atoms with van der Waals surface area (Å²) in [4.78, 5) is 11.7. The topological polar surface area (TPSA) is 107 Å². The van der Waals surface area contributed by atoms with Crippen molar-refractivity contribution in [1.82, 2.24) is 0 Å². The summed E-state index contributed by atoms with van der Waals surface area (Å²) >= 11 is 0. The molecule has 30 heavy (non-hydrogen) atoms. The second kappa shape index (κ2) is 8.41. The first-order valence-electron chi connectivity index (χ1n) is 14.1. The maximum absolute atomic E-state index is 14.1. The van der Waals surface area contributed by atoms with Crippen molar-refractivity contribution in [2.24, 2.45) is 0 Å². The molecular weight excluding hydrogens is 428 g/mol. The van der Waals surface area contributed by atoms with E-state index in [1.807, 2.05) is 0 Å². The average molecular weight is 458 g/mol. The van der Waals surface area contributed by atoms with E-state index in [1.165, 1.54) is 0 Å². The number of sulfone groups is 1. The van der Waals surface area contributed by atoms with Crippen molar-refractivity contribution < 1.29 is 53.7 Å². The van der Waals surface area contributed by atoms with Gasteiger partial charge in [-0.15, -0.1) is 0 Å². The molecule has 0 radical (unpaired) electrons. The van der Waals surface area contributed by atoms with Crippen LogP contribution in [0.1, 0.15) is 40.8 Å². The van der Waals surface area contributed by atoms with Crippen molar-refractivity contribution in [2.75, 3.05) is 11.0 Å². The van der Waals surface area contributed by atoms with Gasteiger partial charge in [-0.2, -0.15) is 18.4 Å². The smallest absolute Gasteiger partial charge is 0.379 e. The van der Waals surface area contributed by atoms with Crippen LogP contribution in [0, 0.1) is 17.1 Å². The number of amides is 1. The zero-order chi connectivity index (χ0) is 34.7. The Morgan fingerprint density at radius 3 is 2.57 bits per heavy atom. The Morgan fingerprint density at radius 2 is 2.03 bits per heavy atom. The fraction of sp³-hybridized carbons (Fsp3) is 0.263. The molecule has 160 valence electrons. The van der Waals surface area contributed by atoms with E-state index in [0.717, 1.165) is 6.07 Å². The summed E-state index contributed by atoms with van der Waals surface area (Å²) in [5.41, 5.74) is -14.9. The second-order valence-electron chi connectivity index (χ2n) is 5.25. The summed E-state index contributed by atoms with van der Waals surface area (Å²) in [5.74, 6) is -4.58. The fourth-order valence-corrected chi connectivity index (χ4v) is 2.85. The highest BCUT2D eigenvalue weighted by Gasteiger charge is 2.40. The van der Waals surface area contributed by atoms with Crippen LogP contribution in [0.3, 0.4) is 0 Å². The molecule has 0 saturated carbocycles. The number of carbonyl (C=O) groups is 1. The van der Waals surface area contributed by atoms with Crippen molar-refractivity contribution in [3.8, 4) is 6.07 Å². The van der Waals surface area contributed by atoms with E-state index in [0.29, 0.717) is 0 Å². The van der Waals surface area contributed by atoms with Crippen LogP contribution in [-0.4, -0.2) is 32.2 Å². The highest BCUT2D eigenvalue weighted by molar-refractivity contribution is 7.91. The van der Waals surface area contributed by atoms with Crippen LogP contribution < -0.4 is 5.31 Å². The third kappa shape index (κ3) is 5.14. The number of carbonyl (C=O) groups excluding carboxylic acids is 1. The molecule has 0 spiro atoms. The number of nitrogens with zero attached hydrogens (tertiary/aromatic N) is 1. The lowest BCUT2D eigenvalue weighted by atomic mass is 10.0. The Bertz CT molecular complexity index is 1670. The lowest BCUT2D eigenvalue weighted by Gasteiger charge is -2.25. The van der Waals surface area contributed by atoms with Crippen molar-refractivity contribution in [3.63, 3.8) is 0 Å². The molecule has 0 aliphatic heterocycles. The van der Waals surface area contributed by atoms with Crippen LogP contribution in [-0.2, 0) is 20.8 Å². The molecule has 11 heteroatoms. The molecular formula is C19H16F4N2O4S. The van der Waals surface area contributed by atoms with Crippen LogP contribution in [0.2, 0.25) is 1.41 Å². The molecule has 2 aromatic carbocycles. The Labute approximate surface area is 189 Å². The second-order valence-corrected chi connectivity index (χ2v) is 6.87. The predicted octanol–water partition coefficient (Wildman–Crippen LogP) is 3.27. The minimum atomic E-state index is -6.36. The lowest BCUT2D eigenvalue weighted by molar-refractivity contribution is -0.138. The molecule has 0 saturated heterocycles. The summed E-state index contributed by atoms with van der Waals surface area (Å²) in [6.45, 7) is -3.70. The minimum absolute atomic E-state index is 0.932. The number of anilines is 1. The Morgan fingerprint density at radius 1 is 1.37 bits per heavy atom. The number of nitriles is 1. The third-order valence-corrected chi connectivity index (χ3v) is 4.48. The van der Waals surface area contributed by atoms with E-state index in [-0.39, 0.29) is 0 Å². The highest BCUT2D eigenvalue weighted by atomic mass is 32.2. The molecule has 2 aromatic rings. The summed E-state index contributed by atoms with van der Waals surface area (Å²) in [5, 5.41) is 12.1. The fourth-order valence-electron chi connectivity index (χ4n) is 1.78. The van der Waals surface area contributed by atoms with E-state index in [2.05, 4.69) is 5.11 Å². The van der Waals surface area contributed by atoms with Gasteiger partial charge in [0.1, 0.15) is 5.82 Å². The van der Waals surface area contributed by atoms with E-state index < -0.39 is 122 Å². The molecule has 0 aliphatic rings. The molecule has 0 fully saturated rings. The van der Waals surface area contributed by atoms with Crippen molar-refractivity contribution >= 4 is 21.4 Å². The Kier molecular flexibility index (Phi) is 2.91. The molecule has 6 nitrogen and oxygen atoms in total. The molecule has 1 amide bonds. The van der Waals surface area contributed by atoms with Crippen molar-refractivity contribution in [1.29, 1.82) is 6.69 Å². The molecule has 0 aromatic heterocycles. The van der Waals surface area contributed by atoms with Gasteiger partial charge in [0.2, 0.25) is 1.43 Å². The standard InChI is InChI=1S/C19H16F4N2O4S/c1-2-18(27,11-30(28,29)15-7-4-13(20)5-8-15)17(26)25-14-6-3-12(10-24)16(9-14)19(21,22)23/h3-9,27H,2,11H2,1H3,(H,25,26)/i1D3,3D,4D,5D,6D,7D,8D,9D,11D2,27D/hD. The van der Waals surface area contributed by atoms with E-state index in [1.54, 1.807) is 0 Å². The summed E-state index contributed by atoms with van der Waals surface area (Å²) < 4.78 is 191. The molecule has 2 rings (SSSR count). The van der Waals surface area contributed by atoms with Gasteiger partial charge in [0.15, 0.2) is 16.9 Å². The number of benzene rings is 2. The average Bonchev–Trinajstić information content (AvgIpc) is 2.89. The van der Waals surface area contributed by atoms with Crippen LogP contribution in [0.25, 0.3) is 0 Å². The molecule has 0 heterocycles. The van der Waals surface area contributed by atoms with Gasteiger partial charge in [-0.05, 0) is 48.7 Å². The molecule has 1 atom stereocenters. The Hall–Kier alpha value is -2.97. The number of alkyl halides is 3. The quantitative estimate of drug-likeness (QED) is 0.489. The van der Waals surface area contributed by atoms with E-state index in [4.69, 9.17) is 24.6 Å². The van der Waals surface area contributed by atoms with Crippen molar-refractivity contribution in [2.45, 2.75) is 29.9 Å². The number of halogens is 4.